The summed E-state index contributed by atoms with van der Waals surface area (Å²) in [5.74, 6) is -0.899. The molecule has 0 bridgehead atoms. The zero-order chi connectivity index (χ0) is 33.0. The lowest BCUT2D eigenvalue weighted by molar-refractivity contribution is -0.274. The summed E-state index contributed by atoms with van der Waals surface area (Å²) >= 11 is 0. The van der Waals surface area contributed by atoms with Crippen molar-refractivity contribution < 1.29 is 49.4 Å². The number of aromatic nitrogens is 1. The molecule has 17 heteroatoms. The number of hydrogen-bond acceptors (Lipinski definition) is 8. The second-order valence-corrected chi connectivity index (χ2v) is 13.1. The minimum absolute atomic E-state index is 0.0250. The van der Waals surface area contributed by atoms with Crippen LogP contribution < -0.4 is 19.7 Å². The van der Waals surface area contributed by atoms with Gasteiger partial charge in [-0.25, -0.2) is 13.4 Å². The highest BCUT2D eigenvalue weighted by Gasteiger charge is 2.35. The lowest BCUT2D eigenvalue weighted by Gasteiger charge is -2.28. The Balaban J connectivity index is 1.43. The van der Waals surface area contributed by atoms with Crippen molar-refractivity contribution in [3.8, 4) is 11.6 Å². The molecule has 9 nitrogen and oxygen atoms in total. The minimum Gasteiger partial charge on any atom is -0.472 e. The molecular weight excluding hydrogens is 623 g/mol. The maximum atomic E-state index is 13.1. The van der Waals surface area contributed by atoms with Crippen molar-refractivity contribution in [2.75, 3.05) is 23.8 Å². The maximum Gasteiger partial charge on any atom is 0.573 e. The lowest BCUT2D eigenvalue weighted by Crippen LogP contribution is -2.47. The van der Waals surface area contributed by atoms with Gasteiger partial charge in [0, 0.05) is 29.1 Å². The third kappa shape index (κ3) is 9.10. The molecule has 240 valence electrons. The van der Waals surface area contributed by atoms with E-state index in [0.717, 1.165) is 12.3 Å². The average molecular weight is 653 g/mol. The van der Waals surface area contributed by atoms with Gasteiger partial charge in [-0.15, -0.1) is 13.2 Å². The average Bonchev–Trinajstić information content (AvgIpc) is 3.38. The molecule has 1 saturated heterocycles. The first-order valence-electron chi connectivity index (χ1n) is 13.9. The number of rotatable bonds is 12. The number of alkyl halides is 5. The number of halogens is 5. The molecule has 1 fully saturated rings. The molecule has 2 aromatic carbocycles. The fourth-order valence-electron chi connectivity index (χ4n) is 4.90. The molecular formula is C28H30B2F5N3O6S. The molecule has 1 amide bonds. The molecule has 1 N–H and O–H groups in total. The van der Waals surface area contributed by atoms with Gasteiger partial charge in [0.15, 0.2) is 9.84 Å². The molecule has 0 unspecified atom stereocenters. The second-order valence-electron chi connectivity index (χ2n) is 10.8. The van der Waals surface area contributed by atoms with Gasteiger partial charge in [-0.2, -0.15) is 8.78 Å². The number of ether oxygens (including phenoxy) is 3. The summed E-state index contributed by atoms with van der Waals surface area (Å²) in [6, 6.07) is 14.5. The molecule has 45 heavy (non-hydrogen) atoms. The van der Waals surface area contributed by atoms with Crippen molar-refractivity contribution in [2.45, 2.75) is 48.7 Å². The molecule has 0 spiro atoms. The van der Waals surface area contributed by atoms with E-state index in [1.54, 1.807) is 63.9 Å². The molecule has 3 aromatic rings. The Morgan fingerprint density at radius 2 is 1.73 bits per heavy atom. The Morgan fingerprint density at radius 1 is 1.07 bits per heavy atom. The van der Waals surface area contributed by atoms with E-state index in [4.69, 9.17) is 4.74 Å². The Labute approximate surface area is 258 Å². The molecule has 1 aliphatic rings. The number of hydrogen-bond donors (Lipinski definition) is 1. The molecule has 1 aliphatic heterocycles. The van der Waals surface area contributed by atoms with Crippen molar-refractivity contribution in [3.63, 3.8) is 0 Å². The summed E-state index contributed by atoms with van der Waals surface area (Å²) in [5, 5.41) is 2.10. The van der Waals surface area contributed by atoms with E-state index in [1.807, 2.05) is 0 Å². The number of amides is 1. The van der Waals surface area contributed by atoms with E-state index in [-0.39, 0.29) is 42.0 Å². The third-order valence-corrected chi connectivity index (χ3v) is 8.97. The minimum atomic E-state index is -4.87. The van der Waals surface area contributed by atoms with Crippen LogP contribution in [0.25, 0.3) is 0 Å². The van der Waals surface area contributed by atoms with Crippen LogP contribution in [0.5, 0.6) is 11.6 Å². The van der Waals surface area contributed by atoms with Gasteiger partial charge in [0.05, 0.1) is 36.0 Å². The number of anilines is 1. The van der Waals surface area contributed by atoms with E-state index in [2.05, 4.69) is 19.8 Å². The Hall–Kier alpha value is -3.85. The SMILES string of the molecule is BC(B)(NC(=O)c1ccc(N2C[C@@H](Oc3ccc(OC(F)(F)F)cn3)C[C@H]2COC(F)F)cc1)c1ccc(S(=O)(=O)CC)cc1. The summed E-state index contributed by atoms with van der Waals surface area (Å²) in [6.45, 7) is -1.52. The molecule has 0 aliphatic carbocycles. The number of sulfone groups is 1. The molecule has 4 rings (SSSR count). The molecule has 2 heterocycles. The van der Waals surface area contributed by atoms with Crippen LogP contribution in [0.4, 0.5) is 27.6 Å². The van der Waals surface area contributed by atoms with Crippen LogP contribution in [0.15, 0.2) is 71.8 Å². The fraction of sp³-hybridized carbons (Fsp3) is 0.357. The number of nitrogens with one attached hydrogen (secondary N) is 1. The van der Waals surface area contributed by atoms with Gasteiger partial charge in [0.2, 0.25) is 5.88 Å². The number of carbonyl (C=O) groups excluding carboxylic acids is 1. The zero-order valence-electron chi connectivity index (χ0n) is 24.6. The normalized spacial score (nSPS) is 17.4. The Bertz CT molecular complexity index is 1560. The smallest absolute Gasteiger partial charge is 0.472 e. The first kappa shape index (κ1) is 34.0. The van der Waals surface area contributed by atoms with Crippen LogP contribution in [0, 0.1) is 0 Å². The topological polar surface area (TPSA) is 107 Å². The van der Waals surface area contributed by atoms with E-state index in [0.29, 0.717) is 16.8 Å². The number of pyridine rings is 1. The summed E-state index contributed by atoms with van der Waals surface area (Å²) < 4.78 is 101. The quantitative estimate of drug-likeness (QED) is 0.235. The van der Waals surface area contributed by atoms with E-state index < -0.39 is 46.0 Å². The van der Waals surface area contributed by atoms with Gasteiger partial charge >= 0.3 is 13.0 Å². The monoisotopic (exact) mass is 653 g/mol. The Morgan fingerprint density at radius 3 is 2.29 bits per heavy atom. The highest BCUT2D eigenvalue weighted by Crippen LogP contribution is 2.30. The first-order chi connectivity index (χ1) is 21.1. The van der Waals surface area contributed by atoms with Crippen LogP contribution in [-0.2, 0) is 19.9 Å². The largest absolute Gasteiger partial charge is 0.573 e. The lowest BCUT2D eigenvalue weighted by atomic mass is 9.58. The third-order valence-electron chi connectivity index (χ3n) is 7.22. The van der Waals surface area contributed by atoms with Crippen molar-refractivity contribution in [2.24, 2.45) is 0 Å². The van der Waals surface area contributed by atoms with Gasteiger partial charge in [-0.05, 0) is 48.0 Å². The van der Waals surface area contributed by atoms with Gasteiger partial charge < -0.3 is 24.4 Å². The van der Waals surface area contributed by atoms with Gasteiger partial charge in [0.1, 0.15) is 27.5 Å². The van der Waals surface area contributed by atoms with Crippen molar-refractivity contribution >= 4 is 37.1 Å². The van der Waals surface area contributed by atoms with Gasteiger partial charge in [-0.1, -0.05) is 19.1 Å². The number of benzene rings is 2. The van der Waals surface area contributed by atoms with E-state index in [1.165, 1.54) is 18.2 Å². The molecule has 1 aromatic heterocycles. The van der Waals surface area contributed by atoms with Crippen molar-refractivity contribution in [1.82, 2.24) is 10.3 Å². The number of carbonyl (C=O) groups is 1. The van der Waals surface area contributed by atoms with Gasteiger partial charge in [0.25, 0.3) is 5.91 Å². The van der Waals surface area contributed by atoms with E-state index in [9.17, 15) is 35.2 Å². The first-order valence-corrected chi connectivity index (χ1v) is 15.5. The van der Waals surface area contributed by atoms with Crippen LogP contribution >= 0.6 is 0 Å². The summed E-state index contributed by atoms with van der Waals surface area (Å²) in [4.78, 5) is 18.9. The standard InChI is InChI=1S/C28H30B2F5N3O6S/c1-2-45(40,41)23-10-5-18(6-11-23)27(29,30)37-25(39)17-3-7-19(8-4-17)38-15-22(13-20(38)16-42-26(31)32)43-24-12-9-21(14-36-24)44-28(33,34)35/h3-12,14,20,22,26H,2,13,15-16,29-30H2,1H3,(H,37,39)/t20-,22-/m0/s1. The van der Waals surface area contributed by atoms with Crippen LogP contribution in [0.1, 0.15) is 29.3 Å². The molecule has 0 saturated carbocycles. The highest BCUT2D eigenvalue weighted by molar-refractivity contribution is 7.91. The predicted molar refractivity (Wildman–Crippen MR) is 160 cm³/mol. The zero-order valence-corrected chi connectivity index (χ0v) is 25.4. The van der Waals surface area contributed by atoms with Crippen LogP contribution in [0.3, 0.4) is 0 Å². The maximum absolute atomic E-state index is 13.1. The highest BCUT2D eigenvalue weighted by atomic mass is 32.2. The second kappa shape index (κ2) is 13.6. The molecule has 0 radical (unpaired) electrons. The summed E-state index contributed by atoms with van der Waals surface area (Å²) in [5.41, 5.74) is 1.63. The Kier molecular flexibility index (Phi) is 10.3. The molecule has 2 atom stereocenters. The fourth-order valence-corrected chi connectivity index (χ4v) is 5.78. The summed E-state index contributed by atoms with van der Waals surface area (Å²) in [7, 11) is 0.206. The van der Waals surface area contributed by atoms with Gasteiger partial charge in [-0.3, -0.25) is 4.79 Å². The van der Waals surface area contributed by atoms with Crippen molar-refractivity contribution in [3.05, 3.63) is 78.0 Å². The summed E-state index contributed by atoms with van der Waals surface area (Å²) in [6.07, 6.45) is -4.30. The van der Waals surface area contributed by atoms with Crippen molar-refractivity contribution in [1.29, 1.82) is 0 Å². The van der Waals surface area contributed by atoms with Crippen LogP contribution in [0.2, 0.25) is 0 Å². The van der Waals surface area contributed by atoms with E-state index >= 15 is 0 Å². The predicted octanol–water partition coefficient (Wildman–Crippen LogP) is 2.85. The van der Waals surface area contributed by atoms with Crippen LogP contribution in [-0.4, -0.2) is 79.0 Å². The number of nitrogens with zero attached hydrogens (tertiary/aromatic N) is 2.